The molecule has 0 aromatic rings. The van der Waals surface area contributed by atoms with Crippen molar-refractivity contribution in [3.05, 3.63) is 0 Å². The molecule has 7 heteroatoms. The van der Waals surface area contributed by atoms with Crippen molar-refractivity contribution in [3.8, 4) is 0 Å². The molecular formula is C9H13F3O4. The number of esters is 1. The number of carbonyl (C=O) groups is 1. The highest BCUT2D eigenvalue weighted by atomic mass is 19.4. The summed E-state index contributed by atoms with van der Waals surface area (Å²) in [7, 11) is 1.12. The Morgan fingerprint density at radius 1 is 1.38 bits per heavy atom. The van der Waals surface area contributed by atoms with Crippen LogP contribution in [-0.4, -0.2) is 36.3 Å². The van der Waals surface area contributed by atoms with Gasteiger partial charge in [0.2, 0.25) is 0 Å². The van der Waals surface area contributed by atoms with E-state index < -0.39 is 24.0 Å². The Balaban J connectivity index is 2.48. The van der Waals surface area contributed by atoms with E-state index >= 15 is 0 Å². The van der Waals surface area contributed by atoms with E-state index in [-0.39, 0.29) is 25.7 Å². The number of alkyl halides is 3. The molecule has 1 rings (SSSR count). The normalized spacial score (nSPS) is 31.2. The summed E-state index contributed by atoms with van der Waals surface area (Å²) in [5.74, 6) is -0.807. The zero-order valence-electron chi connectivity index (χ0n) is 8.71. The third-order valence-corrected chi connectivity index (χ3v) is 2.63. The Morgan fingerprint density at radius 2 is 1.88 bits per heavy atom. The third-order valence-electron chi connectivity index (χ3n) is 2.63. The molecule has 0 unspecified atom stereocenters. The van der Waals surface area contributed by atoms with Crippen LogP contribution in [0.2, 0.25) is 0 Å². The lowest BCUT2D eigenvalue weighted by molar-refractivity contribution is -0.347. The second kappa shape index (κ2) is 4.58. The minimum Gasteiger partial charge on any atom is -0.467 e. The van der Waals surface area contributed by atoms with Crippen LogP contribution < -0.4 is 0 Å². The fraction of sp³-hybridized carbons (Fsp3) is 0.889. The first-order chi connectivity index (χ1) is 7.27. The fourth-order valence-electron chi connectivity index (χ4n) is 1.77. The number of aliphatic hydroxyl groups is 1. The molecule has 16 heavy (non-hydrogen) atoms. The summed E-state index contributed by atoms with van der Waals surface area (Å²) in [5, 5.41) is 9.74. The molecule has 0 aliphatic heterocycles. The van der Waals surface area contributed by atoms with Crippen molar-refractivity contribution < 1.29 is 32.5 Å². The predicted octanol–water partition coefficient (Wildman–Crippen LogP) is 1.37. The number of hydrogen-bond donors (Lipinski definition) is 1. The van der Waals surface area contributed by atoms with Gasteiger partial charge in [0.1, 0.15) is 0 Å². The van der Waals surface area contributed by atoms with Crippen LogP contribution in [0.25, 0.3) is 0 Å². The molecule has 0 radical (unpaired) electrons. The maximum absolute atomic E-state index is 11.9. The van der Waals surface area contributed by atoms with Crippen LogP contribution in [-0.2, 0) is 14.3 Å². The number of rotatable bonds is 2. The van der Waals surface area contributed by atoms with Gasteiger partial charge in [0.15, 0.2) is 5.60 Å². The van der Waals surface area contributed by atoms with E-state index in [1.807, 2.05) is 0 Å². The molecule has 0 aromatic heterocycles. The maximum Gasteiger partial charge on any atom is 0.522 e. The summed E-state index contributed by atoms with van der Waals surface area (Å²) in [6.45, 7) is 0. The highest BCUT2D eigenvalue weighted by Crippen LogP contribution is 2.33. The lowest BCUT2D eigenvalue weighted by Gasteiger charge is -2.33. The molecule has 0 atom stereocenters. The van der Waals surface area contributed by atoms with Crippen molar-refractivity contribution in [2.75, 3.05) is 7.11 Å². The number of methoxy groups -OCH3 is 1. The Hall–Kier alpha value is -0.820. The standard InChI is InChI=1S/C9H13F3O4/c1-15-7(13)8(14)4-2-6(3-5-8)16-9(10,11)12/h6,14H,2-5H2,1H3. The molecular weight excluding hydrogens is 229 g/mol. The molecule has 1 saturated carbocycles. The van der Waals surface area contributed by atoms with Crippen molar-refractivity contribution in [3.63, 3.8) is 0 Å². The van der Waals surface area contributed by atoms with Crippen molar-refractivity contribution in [2.45, 2.75) is 43.8 Å². The monoisotopic (exact) mass is 242 g/mol. The van der Waals surface area contributed by atoms with Gasteiger partial charge in [0.25, 0.3) is 0 Å². The molecule has 4 nitrogen and oxygen atoms in total. The number of ether oxygens (including phenoxy) is 2. The highest BCUT2D eigenvalue weighted by molar-refractivity contribution is 5.79. The van der Waals surface area contributed by atoms with Crippen LogP contribution in [0, 0.1) is 0 Å². The number of hydrogen-bond acceptors (Lipinski definition) is 4. The van der Waals surface area contributed by atoms with Gasteiger partial charge in [-0.1, -0.05) is 0 Å². The maximum atomic E-state index is 11.9. The average Bonchev–Trinajstić information content (AvgIpc) is 2.18. The van der Waals surface area contributed by atoms with Crippen molar-refractivity contribution in [1.82, 2.24) is 0 Å². The van der Waals surface area contributed by atoms with Crippen LogP contribution in [0.5, 0.6) is 0 Å². The van der Waals surface area contributed by atoms with Crippen LogP contribution in [0.1, 0.15) is 25.7 Å². The molecule has 1 aliphatic rings. The van der Waals surface area contributed by atoms with Crippen LogP contribution in [0.3, 0.4) is 0 Å². The Bertz CT molecular complexity index is 256. The second-order valence-corrected chi connectivity index (χ2v) is 3.79. The first kappa shape index (κ1) is 13.2. The van der Waals surface area contributed by atoms with Crippen molar-refractivity contribution >= 4 is 5.97 Å². The van der Waals surface area contributed by atoms with Gasteiger partial charge in [0, 0.05) is 0 Å². The van der Waals surface area contributed by atoms with E-state index in [1.54, 1.807) is 0 Å². The molecule has 1 fully saturated rings. The molecule has 0 amide bonds. The van der Waals surface area contributed by atoms with Gasteiger partial charge in [0.05, 0.1) is 13.2 Å². The van der Waals surface area contributed by atoms with Gasteiger partial charge in [-0.25, -0.2) is 4.79 Å². The molecule has 0 bridgehead atoms. The Kier molecular flexibility index (Phi) is 3.80. The van der Waals surface area contributed by atoms with Crippen LogP contribution >= 0.6 is 0 Å². The summed E-state index contributed by atoms with van der Waals surface area (Å²) in [6, 6.07) is 0. The minimum absolute atomic E-state index is 0.0227. The molecule has 0 heterocycles. The number of carbonyl (C=O) groups excluding carboxylic acids is 1. The van der Waals surface area contributed by atoms with Crippen LogP contribution in [0.15, 0.2) is 0 Å². The van der Waals surface area contributed by atoms with E-state index in [4.69, 9.17) is 0 Å². The largest absolute Gasteiger partial charge is 0.522 e. The summed E-state index contributed by atoms with van der Waals surface area (Å²) in [6.07, 6.45) is -5.88. The van der Waals surface area contributed by atoms with E-state index in [1.165, 1.54) is 0 Å². The van der Waals surface area contributed by atoms with E-state index in [9.17, 15) is 23.1 Å². The lowest BCUT2D eigenvalue weighted by Crippen LogP contribution is -2.45. The predicted molar refractivity (Wildman–Crippen MR) is 46.4 cm³/mol. The van der Waals surface area contributed by atoms with Crippen molar-refractivity contribution in [1.29, 1.82) is 0 Å². The smallest absolute Gasteiger partial charge is 0.467 e. The van der Waals surface area contributed by atoms with E-state index in [0.29, 0.717) is 0 Å². The van der Waals surface area contributed by atoms with Gasteiger partial charge in [-0.2, -0.15) is 0 Å². The fourth-order valence-corrected chi connectivity index (χ4v) is 1.77. The molecule has 1 aliphatic carbocycles. The van der Waals surface area contributed by atoms with E-state index in [0.717, 1.165) is 7.11 Å². The van der Waals surface area contributed by atoms with Gasteiger partial charge in [-0.3, -0.25) is 4.74 Å². The third kappa shape index (κ3) is 3.34. The summed E-state index contributed by atoms with van der Waals surface area (Å²) >= 11 is 0. The SMILES string of the molecule is COC(=O)C1(O)CCC(OC(F)(F)F)CC1. The zero-order chi connectivity index (χ0) is 12.4. The molecule has 1 N–H and O–H groups in total. The van der Waals surface area contributed by atoms with Crippen LogP contribution in [0.4, 0.5) is 13.2 Å². The second-order valence-electron chi connectivity index (χ2n) is 3.79. The number of halogens is 3. The van der Waals surface area contributed by atoms with Gasteiger partial charge in [-0.05, 0) is 25.7 Å². The summed E-state index contributed by atoms with van der Waals surface area (Å²) in [4.78, 5) is 11.1. The molecule has 0 spiro atoms. The molecule has 0 saturated heterocycles. The highest BCUT2D eigenvalue weighted by Gasteiger charge is 2.44. The molecule has 94 valence electrons. The lowest BCUT2D eigenvalue weighted by atomic mass is 9.83. The van der Waals surface area contributed by atoms with Crippen molar-refractivity contribution in [2.24, 2.45) is 0 Å². The topological polar surface area (TPSA) is 55.8 Å². The summed E-state index contributed by atoms with van der Waals surface area (Å²) in [5.41, 5.74) is -1.67. The Labute approximate surface area is 90.3 Å². The molecule has 0 aromatic carbocycles. The minimum atomic E-state index is -4.68. The van der Waals surface area contributed by atoms with Gasteiger partial charge in [-0.15, -0.1) is 13.2 Å². The average molecular weight is 242 g/mol. The first-order valence-electron chi connectivity index (χ1n) is 4.82. The van der Waals surface area contributed by atoms with E-state index in [2.05, 4.69) is 9.47 Å². The zero-order valence-corrected chi connectivity index (χ0v) is 8.71. The quantitative estimate of drug-likeness (QED) is 0.743. The Morgan fingerprint density at radius 3 is 2.25 bits per heavy atom. The van der Waals surface area contributed by atoms with Gasteiger partial charge >= 0.3 is 12.3 Å². The first-order valence-corrected chi connectivity index (χ1v) is 4.82. The van der Waals surface area contributed by atoms with Gasteiger partial charge < -0.3 is 9.84 Å². The summed E-state index contributed by atoms with van der Waals surface area (Å²) < 4.78 is 43.8.